The van der Waals surface area contributed by atoms with Gasteiger partial charge in [0.1, 0.15) is 6.04 Å². The fourth-order valence-corrected chi connectivity index (χ4v) is 3.29. The largest absolute Gasteiger partial charge is 0.353 e. The number of carbonyl (C=O) groups is 1. The molecular formula is C17H27ClN4O. The predicted molar refractivity (Wildman–Crippen MR) is 94.4 cm³/mol. The van der Waals surface area contributed by atoms with Crippen LogP contribution in [0.15, 0.2) is 24.3 Å². The van der Waals surface area contributed by atoms with Crippen molar-refractivity contribution in [2.75, 3.05) is 13.1 Å². The Labute approximate surface area is 144 Å². The second kappa shape index (κ2) is 8.11. The number of hydrogen-bond donors (Lipinski definition) is 4. The highest BCUT2D eigenvalue weighted by atomic mass is 35.5. The minimum absolute atomic E-state index is 0. The maximum absolute atomic E-state index is 12.3. The van der Waals surface area contributed by atoms with Crippen LogP contribution in [0.25, 0.3) is 0 Å². The number of carbonyl (C=O) groups excluding carboxylic acids is 1. The molecule has 4 N–H and O–H groups in total. The quantitative estimate of drug-likeness (QED) is 0.668. The molecule has 2 aliphatic rings. The number of rotatable bonds is 4. The third-order valence-electron chi connectivity index (χ3n) is 4.75. The molecule has 0 aliphatic carbocycles. The van der Waals surface area contributed by atoms with Crippen molar-refractivity contribution in [1.29, 1.82) is 0 Å². The molecule has 23 heavy (non-hydrogen) atoms. The molecule has 128 valence electrons. The van der Waals surface area contributed by atoms with Gasteiger partial charge < -0.3 is 10.6 Å². The van der Waals surface area contributed by atoms with Crippen molar-refractivity contribution in [3.8, 4) is 0 Å². The lowest BCUT2D eigenvalue weighted by Gasteiger charge is -2.27. The van der Waals surface area contributed by atoms with E-state index in [1.54, 1.807) is 0 Å². The molecular weight excluding hydrogens is 312 g/mol. The Morgan fingerprint density at radius 1 is 1.30 bits per heavy atom. The smallest absolute Gasteiger partial charge is 0.238 e. The standard InChI is InChI=1S/C17H26N4O.ClH/c1-11(2)14-9-15(21-20-14)17(22)19-10-16-13-6-4-3-5-12(13)7-8-18-16;/h3-6,11,14-16,18,20-21H,7-10H2,1-2H3,(H,19,22);1H. The van der Waals surface area contributed by atoms with Crippen molar-refractivity contribution in [3.63, 3.8) is 0 Å². The number of hydrazine groups is 1. The molecule has 0 spiro atoms. The van der Waals surface area contributed by atoms with Crippen molar-refractivity contribution in [2.45, 2.75) is 44.8 Å². The van der Waals surface area contributed by atoms with Gasteiger partial charge >= 0.3 is 0 Å². The van der Waals surface area contributed by atoms with Crippen molar-refractivity contribution >= 4 is 18.3 Å². The average Bonchev–Trinajstić information content (AvgIpc) is 3.03. The number of fused-ring (bicyclic) bond motifs is 1. The first kappa shape index (κ1) is 18.2. The predicted octanol–water partition coefficient (Wildman–Crippen LogP) is 1.30. The van der Waals surface area contributed by atoms with Crippen LogP contribution in [0.4, 0.5) is 0 Å². The normalized spacial score (nSPS) is 26.5. The van der Waals surface area contributed by atoms with E-state index in [0.29, 0.717) is 18.5 Å². The molecule has 0 aromatic heterocycles. The van der Waals surface area contributed by atoms with E-state index in [1.807, 2.05) is 0 Å². The molecule has 6 heteroatoms. The number of hydrogen-bond acceptors (Lipinski definition) is 4. The average molecular weight is 339 g/mol. The molecule has 1 fully saturated rings. The lowest BCUT2D eigenvalue weighted by Crippen LogP contribution is -2.46. The van der Waals surface area contributed by atoms with Gasteiger partial charge in [-0.1, -0.05) is 38.1 Å². The van der Waals surface area contributed by atoms with Crippen LogP contribution in [0.1, 0.15) is 37.4 Å². The fourth-order valence-electron chi connectivity index (χ4n) is 3.29. The first-order valence-electron chi connectivity index (χ1n) is 8.25. The number of benzene rings is 1. The van der Waals surface area contributed by atoms with Gasteiger partial charge in [-0.25, -0.2) is 5.43 Å². The zero-order chi connectivity index (χ0) is 15.5. The van der Waals surface area contributed by atoms with E-state index in [2.05, 4.69) is 59.6 Å². The summed E-state index contributed by atoms with van der Waals surface area (Å²) in [4.78, 5) is 12.3. The summed E-state index contributed by atoms with van der Waals surface area (Å²) in [7, 11) is 0. The third kappa shape index (κ3) is 4.23. The summed E-state index contributed by atoms with van der Waals surface area (Å²) in [6.07, 6.45) is 1.91. The Hall–Kier alpha value is -1.14. The number of nitrogens with one attached hydrogen (secondary N) is 4. The maximum atomic E-state index is 12.3. The number of amides is 1. The van der Waals surface area contributed by atoms with Crippen molar-refractivity contribution < 1.29 is 4.79 Å². The minimum atomic E-state index is -0.133. The van der Waals surface area contributed by atoms with Gasteiger partial charge in [-0.3, -0.25) is 10.2 Å². The molecule has 1 aromatic carbocycles. The highest BCUT2D eigenvalue weighted by Crippen LogP contribution is 2.22. The molecule has 1 aromatic rings. The van der Waals surface area contributed by atoms with Crippen LogP contribution in [0, 0.1) is 5.92 Å². The third-order valence-corrected chi connectivity index (χ3v) is 4.75. The summed E-state index contributed by atoms with van der Waals surface area (Å²) >= 11 is 0. The van der Waals surface area contributed by atoms with Gasteiger partial charge in [0, 0.05) is 18.6 Å². The SMILES string of the molecule is CC(C)C1CC(C(=O)NCC2NCCc3ccccc32)NN1.Cl. The van der Waals surface area contributed by atoms with Gasteiger partial charge in [0.2, 0.25) is 5.91 Å². The van der Waals surface area contributed by atoms with Crippen LogP contribution in [-0.2, 0) is 11.2 Å². The summed E-state index contributed by atoms with van der Waals surface area (Å²) in [5.74, 6) is 0.609. The van der Waals surface area contributed by atoms with Crippen LogP contribution in [0.3, 0.4) is 0 Å². The molecule has 3 rings (SSSR count). The molecule has 3 unspecified atom stereocenters. The van der Waals surface area contributed by atoms with Crippen LogP contribution in [0.2, 0.25) is 0 Å². The summed E-state index contributed by atoms with van der Waals surface area (Å²) in [6.45, 7) is 5.95. The molecule has 2 aliphatic heterocycles. The van der Waals surface area contributed by atoms with Crippen molar-refractivity contribution in [3.05, 3.63) is 35.4 Å². The molecule has 3 atom stereocenters. The van der Waals surface area contributed by atoms with Crippen LogP contribution < -0.4 is 21.5 Å². The van der Waals surface area contributed by atoms with Gasteiger partial charge in [0.25, 0.3) is 0 Å². The van der Waals surface area contributed by atoms with E-state index < -0.39 is 0 Å². The van der Waals surface area contributed by atoms with Crippen LogP contribution >= 0.6 is 12.4 Å². The Morgan fingerprint density at radius 2 is 2.09 bits per heavy atom. The fraction of sp³-hybridized carbons (Fsp3) is 0.588. The highest BCUT2D eigenvalue weighted by Gasteiger charge is 2.31. The molecule has 1 saturated heterocycles. The van der Waals surface area contributed by atoms with E-state index >= 15 is 0 Å². The van der Waals surface area contributed by atoms with Crippen LogP contribution in [0.5, 0.6) is 0 Å². The summed E-state index contributed by atoms with van der Waals surface area (Å²) in [5, 5.41) is 6.59. The van der Waals surface area contributed by atoms with Gasteiger partial charge in [-0.2, -0.15) is 0 Å². The Bertz CT molecular complexity index is 537. The first-order valence-corrected chi connectivity index (χ1v) is 8.25. The summed E-state index contributed by atoms with van der Waals surface area (Å²) < 4.78 is 0. The molecule has 5 nitrogen and oxygen atoms in total. The van der Waals surface area contributed by atoms with Gasteiger partial charge in [0.05, 0.1) is 0 Å². The number of halogens is 1. The molecule has 0 radical (unpaired) electrons. The second-order valence-corrected chi connectivity index (χ2v) is 6.63. The lowest BCUT2D eigenvalue weighted by atomic mass is 9.94. The van der Waals surface area contributed by atoms with Gasteiger partial charge in [0.15, 0.2) is 0 Å². The van der Waals surface area contributed by atoms with Gasteiger partial charge in [-0.15, -0.1) is 12.4 Å². The Morgan fingerprint density at radius 3 is 2.83 bits per heavy atom. The van der Waals surface area contributed by atoms with Gasteiger partial charge in [-0.05, 0) is 36.4 Å². The molecule has 0 saturated carbocycles. The van der Waals surface area contributed by atoms with Crippen LogP contribution in [-0.4, -0.2) is 31.1 Å². The van der Waals surface area contributed by atoms with Crippen molar-refractivity contribution in [1.82, 2.24) is 21.5 Å². The molecule has 0 bridgehead atoms. The maximum Gasteiger partial charge on any atom is 0.238 e. The topological polar surface area (TPSA) is 65.2 Å². The minimum Gasteiger partial charge on any atom is -0.353 e. The highest BCUT2D eigenvalue weighted by molar-refractivity contribution is 5.85. The molecule has 2 heterocycles. The van der Waals surface area contributed by atoms with Crippen molar-refractivity contribution in [2.24, 2.45) is 5.92 Å². The lowest BCUT2D eigenvalue weighted by molar-refractivity contribution is -0.123. The van der Waals surface area contributed by atoms with E-state index in [-0.39, 0.29) is 30.4 Å². The monoisotopic (exact) mass is 338 g/mol. The Balaban J connectivity index is 0.00000192. The van der Waals surface area contributed by atoms with E-state index in [9.17, 15) is 4.79 Å². The summed E-state index contributed by atoms with van der Waals surface area (Å²) in [5.41, 5.74) is 9.03. The summed E-state index contributed by atoms with van der Waals surface area (Å²) in [6, 6.07) is 8.93. The van der Waals surface area contributed by atoms with E-state index in [0.717, 1.165) is 19.4 Å². The molecule has 1 amide bonds. The second-order valence-electron chi connectivity index (χ2n) is 6.63. The zero-order valence-corrected chi connectivity index (χ0v) is 14.6. The first-order chi connectivity index (χ1) is 10.6. The van der Waals surface area contributed by atoms with E-state index in [1.165, 1.54) is 11.1 Å². The van der Waals surface area contributed by atoms with E-state index in [4.69, 9.17) is 0 Å². The Kier molecular flexibility index (Phi) is 6.41. The zero-order valence-electron chi connectivity index (χ0n) is 13.8.